The third-order valence-corrected chi connectivity index (χ3v) is 5.12. The Morgan fingerprint density at radius 1 is 0.759 bits per heavy atom. The molecule has 0 aliphatic heterocycles. The zero-order chi connectivity index (χ0) is 20.4. The van der Waals surface area contributed by atoms with Crippen molar-refractivity contribution in [1.29, 1.82) is 5.26 Å². The van der Waals surface area contributed by atoms with Crippen LogP contribution in [0.25, 0.3) is 33.5 Å². The fourth-order valence-electron chi connectivity index (χ4n) is 3.62. The van der Waals surface area contributed by atoms with Crippen molar-refractivity contribution in [3.8, 4) is 39.6 Å². The van der Waals surface area contributed by atoms with Crippen molar-refractivity contribution in [3.05, 3.63) is 95.6 Å². The number of hydrogen-bond donors (Lipinski definition) is 1. The van der Waals surface area contributed by atoms with E-state index in [2.05, 4.69) is 61.3 Å². The number of nitrogens with two attached hydrogens (primary N) is 1. The van der Waals surface area contributed by atoms with E-state index in [1.54, 1.807) is 0 Å². The highest BCUT2D eigenvalue weighted by Gasteiger charge is 2.15. The summed E-state index contributed by atoms with van der Waals surface area (Å²) in [7, 11) is 0. The molecule has 0 fully saturated rings. The van der Waals surface area contributed by atoms with Gasteiger partial charge in [0.1, 0.15) is 17.5 Å². The van der Waals surface area contributed by atoms with Gasteiger partial charge in [-0.05, 0) is 42.2 Å². The molecule has 4 rings (SSSR count). The quantitative estimate of drug-likeness (QED) is 0.467. The Morgan fingerprint density at radius 2 is 1.41 bits per heavy atom. The minimum absolute atomic E-state index is 0.257. The predicted octanol–water partition coefficient (Wildman–Crippen LogP) is 6.15. The third-order valence-electron chi connectivity index (χ3n) is 5.12. The molecule has 0 spiro atoms. The van der Waals surface area contributed by atoms with E-state index in [4.69, 9.17) is 5.73 Å². The van der Waals surface area contributed by atoms with Gasteiger partial charge >= 0.3 is 0 Å². The van der Waals surface area contributed by atoms with Gasteiger partial charge in [0.05, 0.1) is 5.69 Å². The van der Waals surface area contributed by atoms with Gasteiger partial charge in [-0.1, -0.05) is 78.4 Å². The SMILES string of the molecule is Cc1ccc(-c2cc(-c3ccc(-c4ccccc4)cc3)nc(N)c2C#N)c(C)c1. The summed E-state index contributed by atoms with van der Waals surface area (Å²) in [5.41, 5.74) is 14.7. The Hall–Kier alpha value is -3.90. The molecule has 140 valence electrons. The van der Waals surface area contributed by atoms with Gasteiger partial charge in [0, 0.05) is 11.1 Å². The fraction of sp³-hybridized carbons (Fsp3) is 0.0769. The first kappa shape index (κ1) is 18.5. The summed E-state index contributed by atoms with van der Waals surface area (Å²) >= 11 is 0. The summed E-state index contributed by atoms with van der Waals surface area (Å²) in [4.78, 5) is 4.51. The van der Waals surface area contributed by atoms with Gasteiger partial charge in [-0.25, -0.2) is 4.98 Å². The Bertz CT molecular complexity index is 1220. The lowest BCUT2D eigenvalue weighted by Crippen LogP contribution is -2.00. The van der Waals surface area contributed by atoms with E-state index in [-0.39, 0.29) is 5.82 Å². The van der Waals surface area contributed by atoms with E-state index >= 15 is 0 Å². The molecular formula is C26H21N3. The van der Waals surface area contributed by atoms with Gasteiger partial charge in [0.2, 0.25) is 0 Å². The lowest BCUT2D eigenvalue weighted by molar-refractivity contribution is 1.30. The maximum Gasteiger partial charge on any atom is 0.142 e. The number of rotatable bonds is 3. The lowest BCUT2D eigenvalue weighted by atomic mass is 9.94. The van der Waals surface area contributed by atoms with E-state index in [1.807, 2.05) is 42.5 Å². The molecule has 3 nitrogen and oxygen atoms in total. The molecule has 0 radical (unpaired) electrons. The minimum atomic E-state index is 0.257. The molecule has 29 heavy (non-hydrogen) atoms. The molecule has 0 saturated carbocycles. The second-order valence-corrected chi connectivity index (χ2v) is 7.19. The number of benzene rings is 3. The van der Waals surface area contributed by atoms with Gasteiger partial charge in [-0.15, -0.1) is 0 Å². The Kier molecular flexibility index (Phi) is 4.85. The van der Waals surface area contributed by atoms with Gasteiger partial charge in [0.15, 0.2) is 0 Å². The maximum absolute atomic E-state index is 9.66. The molecule has 1 aromatic heterocycles. The number of aryl methyl sites for hydroxylation is 2. The van der Waals surface area contributed by atoms with Crippen molar-refractivity contribution in [2.24, 2.45) is 0 Å². The highest BCUT2D eigenvalue weighted by atomic mass is 14.8. The zero-order valence-electron chi connectivity index (χ0n) is 16.5. The van der Waals surface area contributed by atoms with Crippen molar-refractivity contribution in [1.82, 2.24) is 4.98 Å². The molecule has 0 bridgehead atoms. The van der Waals surface area contributed by atoms with Gasteiger partial charge in [-0.2, -0.15) is 5.26 Å². The van der Waals surface area contributed by atoms with Crippen LogP contribution in [0, 0.1) is 25.2 Å². The molecular weight excluding hydrogens is 354 g/mol. The molecule has 2 N–H and O–H groups in total. The smallest absolute Gasteiger partial charge is 0.142 e. The van der Waals surface area contributed by atoms with Crippen LogP contribution in [-0.2, 0) is 0 Å². The van der Waals surface area contributed by atoms with E-state index in [0.717, 1.165) is 33.5 Å². The topological polar surface area (TPSA) is 62.7 Å². The number of hydrogen-bond acceptors (Lipinski definition) is 3. The van der Waals surface area contributed by atoms with Crippen molar-refractivity contribution < 1.29 is 0 Å². The first-order valence-electron chi connectivity index (χ1n) is 9.51. The van der Waals surface area contributed by atoms with Crippen LogP contribution in [0.3, 0.4) is 0 Å². The molecule has 3 heteroatoms. The highest BCUT2D eigenvalue weighted by Crippen LogP contribution is 2.34. The third kappa shape index (κ3) is 3.61. The summed E-state index contributed by atoms with van der Waals surface area (Å²) < 4.78 is 0. The van der Waals surface area contributed by atoms with Crippen molar-refractivity contribution in [3.63, 3.8) is 0 Å². The number of nitriles is 1. The van der Waals surface area contributed by atoms with Crippen LogP contribution >= 0.6 is 0 Å². The van der Waals surface area contributed by atoms with Gasteiger partial charge in [-0.3, -0.25) is 0 Å². The molecule has 3 aromatic carbocycles. The monoisotopic (exact) mass is 375 g/mol. The normalized spacial score (nSPS) is 10.5. The number of anilines is 1. The summed E-state index contributed by atoms with van der Waals surface area (Å²) in [5.74, 6) is 0.257. The molecule has 0 saturated heterocycles. The molecule has 0 atom stereocenters. The van der Waals surface area contributed by atoms with Gasteiger partial charge < -0.3 is 5.73 Å². The van der Waals surface area contributed by atoms with Crippen LogP contribution in [0.5, 0.6) is 0 Å². The maximum atomic E-state index is 9.66. The van der Waals surface area contributed by atoms with E-state index < -0.39 is 0 Å². The summed E-state index contributed by atoms with van der Waals surface area (Å²) in [6.07, 6.45) is 0. The largest absolute Gasteiger partial charge is 0.383 e. The average molecular weight is 375 g/mol. The Balaban J connectivity index is 1.81. The van der Waals surface area contributed by atoms with E-state index in [0.29, 0.717) is 5.56 Å². The standard InChI is InChI=1S/C26H21N3/c1-17-8-13-22(18(2)14-17)23-15-25(29-26(28)24(23)16-27)21-11-9-20(10-12-21)19-6-4-3-5-7-19/h3-15H,1-2H3,(H2,28,29). The Morgan fingerprint density at radius 3 is 2.07 bits per heavy atom. The van der Waals surface area contributed by atoms with Crippen LogP contribution in [0.4, 0.5) is 5.82 Å². The molecule has 1 heterocycles. The number of aromatic nitrogens is 1. The van der Waals surface area contributed by atoms with Crippen LogP contribution in [0.2, 0.25) is 0 Å². The Labute approximate surface area is 171 Å². The molecule has 0 amide bonds. The summed E-state index contributed by atoms with van der Waals surface area (Å²) in [6.45, 7) is 4.11. The second-order valence-electron chi connectivity index (χ2n) is 7.19. The van der Waals surface area contributed by atoms with Crippen molar-refractivity contribution in [2.45, 2.75) is 13.8 Å². The van der Waals surface area contributed by atoms with E-state index in [9.17, 15) is 5.26 Å². The van der Waals surface area contributed by atoms with Crippen molar-refractivity contribution in [2.75, 3.05) is 5.73 Å². The number of nitrogens with zero attached hydrogens (tertiary/aromatic N) is 2. The lowest BCUT2D eigenvalue weighted by Gasteiger charge is -2.13. The molecule has 4 aromatic rings. The minimum Gasteiger partial charge on any atom is -0.383 e. The number of nitrogen functional groups attached to an aromatic ring is 1. The summed E-state index contributed by atoms with van der Waals surface area (Å²) in [5, 5.41) is 9.66. The van der Waals surface area contributed by atoms with E-state index in [1.165, 1.54) is 11.1 Å². The molecule has 0 unspecified atom stereocenters. The van der Waals surface area contributed by atoms with Crippen molar-refractivity contribution >= 4 is 5.82 Å². The first-order chi connectivity index (χ1) is 14.1. The zero-order valence-corrected chi connectivity index (χ0v) is 16.5. The molecule has 0 aliphatic carbocycles. The predicted molar refractivity (Wildman–Crippen MR) is 119 cm³/mol. The number of pyridine rings is 1. The van der Waals surface area contributed by atoms with Crippen LogP contribution < -0.4 is 5.73 Å². The highest BCUT2D eigenvalue weighted by molar-refractivity contribution is 5.82. The first-order valence-corrected chi connectivity index (χ1v) is 9.51. The second kappa shape index (κ2) is 7.61. The summed E-state index contributed by atoms with van der Waals surface area (Å²) in [6, 6.07) is 28.9. The van der Waals surface area contributed by atoms with Crippen LogP contribution in [-0.4, -0.2) is 4.98 Å². The fourth-order valence-corrected chi connectivity index (χ4v) is 3.62. The van der Waals surface area contributed by atoms with Crippen LogP contribution in [0.15, 0.2) is 78.9 Å². The molecule has 0 aliphatic rings. The van der Waals surface area contributed by atoms with Crippen LogP contribution in [0.1, 0.15) is 16.7 Å². The van der Waals surface area contributed by atoms with Gasteiger partial charge in [0.25, 0.3) is 0 Å². The average Bonchev–Trinajstić information content (AvgIpc) is 2.74.